The van der Waals surface area contributed by atoms with Crippen molar-refractivity contribution >= 4 is 9.84 Å². The molecule has 88 valence electrons. The molecule has 4 nitrogen and oxygen atoms in total. The first-order valence-electron chi connectivity index (χ1n) is 5.64. The standard InChI is InChI=1S/C10H19NO3S/c11-8-10(4-1-2-5-10)14-9-3-6-15(12,13)7-9/h9H,1-8,11H2. The third-order valence-electron chi connectivity index (χ3n) is 3.49. The van der Waals surface area contributed by atoms with E-state index >= 15 is 0 Å². The van der Waals surface area contributed by atoms with E-state index in [2.05, 4.69) is 0 Å². The highest BCUT2D eigenvalue weighted by Gasteiger charge is 2.39. The van der Waals surface area contributed by atoms with Gasteiger partial charge in [0.15, 0.2) is 9.84 Å². The molecular formula is C10H19NO3S. The second-order valence-corrected chi connectivity index (χ2v) is 6.97. The van der Waals surface area contributed by atoms with Crippen molar-refractivity contribution in [2.75, 3.05) is 18.1 Å². The van der Waals surface area contributed by atoms with Crippen molar-refractivity contribution in [3.05, 3.63) is 0 Å². The lowest BCUT2D eigenvalue weighted by molar-refractivity contribution is -0.0734. The molecule has 2 N–H and O–H groups in total. The van der Waals surface area contributed by atoms with Crippen molar-refractivity contribution in [1.82, 2.24) is 0 Å². The Morgan fingerprint density at radius 1 is 1.33 bits per heavy atom. The second-order valence-electron chi connectivity index (χ2n) is 4.74. The molecule has 15 heavy (non-hydrogen) atoms. The van der Waals surface area contributed by atoms with Crippen LogP contribution in [0, 0.1) is 0 Å². The summed E-state index contributed by atoms with van der Waals surface area (Å²) in [5.74, 6) is 0.465. The molecular weight excluding hydrogens is 214 g/mol. The highest BCUT2D eigenvalue weighted by atomic mass is 32.2. The Balaban J connectivity index is 1.96. The fraction of sp³-hybridized carbons (Fsp3) is 1.00. The van der Waals surface area contributed by atoms with E-state index in [1.54, 1.807) is 0 Å². The van der Waals surface area contributed by atoms with Crippen LogP contribution in [0.5, 0.6) is 0 Å². The van der Waals surface area contributed by atoms with E-state index in [1.807, 2.05) is 0 Å². The molecule has 1 unspecified atom stereocenters. The highest BCUT2D eigenvalue weighted by Crippen LogP contribution is 2.35. The molecule has 0 spiro atoms. The Bertz CT molecular complexity index is 320. The summed E-state index contributed by atoms with van der Waals surface area (Å²) in [6.07, 6.45) is 4.80. The van der Waals surface area contributed by atoms with Gasteiger partial charge in [0.2, 0.25) is 0 Å². The van der Waals surface area contributed by atoms with Crippen LogP contribution < -0.4 is 5.73 Å². The summed E-state index contributed by atoms with van der Waals surface area (Å²) >= 11 is 0. The summed E-state index contributed by atoms with van der Waals surface area (Å²) in [7, 11) is -2.84. The first-order valence-corrected chi connectivity index (χ1v) is 7.46. The van der Waals surface area contributed by atoms with Crippen molar-refractivity contribution in [3.8, 4) is 0 Å². The molecule has 0 aromatic carbocycles. The van der Waals surface area contributed by atoms with Crippen LogP contribution in [-0.4, -0.2) is 38.2 Å². The molecule has 2 aliphatic rings. The Morgan fingerprint density at radius 2 is 2.00 bits per heavy atom. The van der Waals surface area contributed by atoms with E-state index in [0.29, 0.717) is 13.0 Å². The van der Waals surface area contributed by atoms with Crippen LogP contribution in [0.1, 0.15) is 32.1 Å². The predicted octanol–water partition coefficient (Wildman–Crippen LogP) is 0.462. The lowest BCUT2D eigenvalue weighted by atomic mass is 10.0. The number of hydrogen-bond acceptors (Lipinski definition) is 4. The normalized spacial score (nSPS) is 33.3. The molecule has 2 rings (SSSR count). The van der Waals surface area contributed by atoms with Gasteiger partial charge in [0.05, 0.1) is 23.2 Å². The minimum Gasteiger partial charge on any atom is -0.369 e. The van der Waals surface area contributed by atoms with E-state index in [4.69, 9.17) is 10.5 Å². The SMILES string of the molecule is NCC1(OC2CCS(=O)(=O)C2)CCCC1. The topological polar surface area (TPSA) is 69.4 Å². The Hall–Kier alpha value is -0.130. The van der Waals surface area contributed by atoms with Gasteiger partial charge in [-0.25, -0.2) is 8.42 Å². The van der Waals surface area contributed by atoms with Crippen molar-refractivity contribution < 1.29 is 13.2 Å². The minimum absolute atomic E-state index is 0.114. The summed E-state index contributed by atoms with van der Waals surface area (Å²) < 4.78 is 28.5. The van der Waals surface area contributed by atoms with Gasteiger partial charge in [-0.3, -0.25) is 0 Å². The zero-order chi connectivity index (χ0) is 10.9. The Labute approximate surface area is 91.1 Å². The maximum absolute atomic E-state index is 11.3. The highest BCUT2D eigenvalue weighted by molar-refractivity contribution is 7.91. The molecule has 0 radical (unpaired) electrons. The summed E-state index contributed by atoms with van der Waals surface area (Å²) in [6, 6.07) is 0. The van der Waals surface area contributed by atoms with Crippen molar-refractivity contribution in [2.24, 2.45) is 5.73 Å². The fourth-order valence-corrected chi connectivity index (χ4v) is 4.19. The van der Waals surface area contributed by atoms with Gasteiger partial charge < -0.3 is 10.5 Å². The number of hydrogen-bond donors (Lipinski definition) is 1. The van der Waals surface area contributed by atoms with Gasteiger partial charge in [-0.2, -0.15) is 0 Å². The maximum Gasteiger partial charge on any atom is 0.152 e. The first-order chi connectivity index (χ1) is 7.05. The Kier molecular flexibility index (Phi) is 3.05. The molecule has 0 aromatic heterocycles. The number of ether oxygens (including phenoxy) is 1. The van der Waals surface area contributed by atoms with Crippen LogP contribution >= 0.6 is 0 Å². The van der Waals surface area contributed by atoms with Crippen molar-refractivity contribution in [2.45, 2.75) is 43.8 Å². The van der Waals surface area contributed by atoms with E-state index in [0.717, 1.165) is 25.7 Å². The summed E-state index contributed by atoms with van der Waals surface area (Å²) in [4.78, 5) is 0. The van der Waals surface area contributed by atoms with Crippen molar-refractivity contribution in [3.63, 3.8) is 0 Å². The molecule has 1 atom stereocenters. The van der Waals surface area contributed by atoms with Crippen LogP contribution in [0.15, 0.2) is 0 Å². The number of rotatable bonds is 3. The maximum atomic E-state index is 11.3. The monoisotopic (exact) mass is 233 g/mol. The van der Waals surface area contributed by atoms with Crippen LogP contribution in [0.25, 0.3) is 0 Å². The van der Waals surface area contributed by atoms with E-state index in [1.165, 1.54) is 0 Å². The quantitative estimate of drug-likeness (QED) is 0.769. The molecule has 2 fully saturated rings. The lowest BCUT2D eigenvalue weighted by Gasteiger charge is -2.30. The number of nitrogens with two attached hydrogens (primary N) is 1. The van der Waals surface area contributed by atoms with Gasteiger partial charge in [-0.05, 0) is 19.3 Å². The molecule has 0 aromatic rings. The van der Waals surface area contributed by atoms with Crippen LogP contribution in [0.2, 0.25) is 0 Å². The molecule has 1 saturated heterocycles. The van der Waals surface area contributed by atoms with Crippen LogP contribution in [0.3, 0.4) is 0 Å². The molecule has 0 bridgehead atoms. The zero-order valence-corrected chi connectivity index (χ0v) is 9.76. The molecule has 1 saturated carbocycles. The van der Waals surface area contributed by atoms with Gasteiger partial charge in [-0.1, -0.05) is 12.8 Å². The largest absolute Gasteiger partial charge is 0.369 e. The fourth-order valence-electron chi connectivity index (χ4n) is 2.60. The molecule has 1 aliphatic heterocycles. The zero-order valence-electron chi connectivity index (χ0n) is 8.94. The van der Waals surface area contributed by atoms with E-state index < -0.39 is 9.84 Å². The molecule has 5 heteroatoms. The number of sulfone groups is 1. The van der Waals surface area contributed by atoms with Gasteiger partial charge in [0.1, 0.15) is 0 Å². The molecule has 1 aliphatic carbocycles. The average Bonchev–Trinajstić information content (AvgIpc) is 2.75. The van der Waals surface area contributed by atoms with Gasteiger partial charge >= 0.3 is 0 Å². The lowest BCUT2D eigenvalue weighted by Crippen LogP contribution is -2.41. The third-order valence-corrected chi connectivity index (χ3v) is 5.23. The van der Waals surface area contributed by atoms with E-state index in [-0.39, 0.29) is 23.2 Å². The third kappa shape index (κ3) is 2.52. The van der Waals surface area contributed by atoms with Crippen LogP contribution in [-0.2, 0) is 14.6 Å². The van der Waals surface area contributed by atoms with Gasteiger partial charge in [0, 0.05) is 6.54 Å². The summed E-state index contributed by atoms with van der Waals surface area (Å²) in [5, 5.41) is 0. The predicted molar refractivity (Wildman–Crippen MR) is 58.4 cm³/mol. The summed E-state index contributed by atoms with van der Waals surface area (Å²) in [5.41, 5.74) is 5.52. The Morgan fingerprint density at radius 3 is 2.47 bits per heavy atom. The van der Waals surface area contributed by atoms with E-state index in [9.17, 15) is 8.42 Å². The molecule has 0 amide bonds. The van der Waals surface area contributed by atoms with Crippen molar-refractivity contribution in [1.29, 1.82) is 0 Å². The second kappa shape index (κ2) is 4.03. The summed E-state index contributed by atoms with van der Waals surface area (Å²) in [6.45, 7) is 0.517. The minimum atomic E-state index is -2.84. The first kappa shape index (κ1) is 11.4. The van der Waals surface area contributed by atoms with Gasteiger partial charge in [-0.15, -0.1) is 0 Å². The molecule has 1 heterocycles. The van der Waals surface area contributed by atoms with Gasteiger partial charge in [0.25, 0.3) is 0 Å². The van der Waals surface area contributed by atoms with Crippen LogP contribution in [0.4, 0.5) is 0 Å². The smallest absolute Gasteiger partial charge is 0.152 e. The average molecular weight is 233 g/mol.